The van der Waals surface area contributed by atoms with Gasteiger partial charge in [0.25, 0.3) is 0 Å². The van der Waals surface area contributed by atoms with E-state index in [1.54, 1.807) is 37.6 Å². The SMILES string of the molecule is CCCOc1ccc(/C=N/Nc2ccccc2C(=O)O)cc1OC. The quantitative estimate of drug-likeness (QED) is 0.571. The number of aromatic carboxylic acids is 1. The van der Waals surface area contributed by atoms with E-state index in [0.717, 1.165) is 12.0 Å². The van der Waals surface area contributed by atoms with E-state index in [2.05, 4.69) is 10.5 Å². The Morgan fingerprint density at radius 2 is 2.04 bits per heavy atom. The first-order valence-corrected chi connectivity index (χ1v) is 7.58. The summed E-state index contributed by atoms with van der Waals surface area (Å²) in [5, 5.41) is 13.2. The van der Waals surface area contributed by atoms with E-state index in [0.29, 0.717) is 23.8 Å². The van der Waals surface area contributed by atoms with Gasteiger partial charge in [0.2, 0.25) is 0 Å². The maximum Gasteiger partial charge on any atom is 0.337 e. The fourth-order valence-electron chi connectivity index (χ4n) is 2.04. The van der Waals surface area contributed by atoms with E-state index >= 15 is 0 Å². The molecule has 2 N–H and O–H groups in total. The highest BCUT2D eigenvalue weighted by Crippen LogP contribution is 2.27. The first-order chi connectivity index (χ1) is 11.7. The molecule has 0 heterocycles. The average Bonchev–Trinajstić information content (AvgIpc) is 2.60. The molecule has 0 saturated carbocycles. The van der Waals surface area contributed by atoms with Crippen LogP contribution < -0.4 is 14.9 Å². The number of para-hydroxylation sites is 1. The summed E-state index contributed by atoms with van der Waals surface area (Å²) in [5.41, 5.74) is 4.14. The minimum absolute atomic E-state index is 0.163. The number of nitrogens with one attached hydrogen (secondary N) is 1. The van der Waals surface area contributed by atoms with Crippen molar-refractivity contribution in [3.8, 4) is 11.5 Å². The van der Waals surface area contributed by atoms with Crippen LogP contribution in [0.1, 0.15) is 29.3 Å². The van der Waals surface area contributed by atoms with E-state index in [-0.39, 0.29) is 5.56 Å². The van der Waals surface area contributed by atoms with Crippen LogP contribution in [0.25, 0.3) is 0 Å². The zero-order valence-corrected chi connectivity index (χ0v) is 13.7. The number of carboxylic acids is 1. The van der Waals surface area contributed by atoms with Crippen molar-refractivity contribution >= 4 is 17.9 Å². The predicted molar refractivity (Wildman–Crippen MR) is 93.4 cm³/mol. The zero-order chi connectivity index (χ0) is 17.4. The van der Waals surface area contributed by atoms with E-state index in [1.807, 2.05) is 19.1 Å². The van der Waals surface area contributed by atoms with Crippen LogP contribution in [0.4, 0.5) is 5.69 Å². The van der Waals surface area contributed by atoms with Crippen LogP contribution in [-0.4, -0.2) is 31.0 Å². The Bertz CT molecular complexity index is 729. The van der Waals surface area contributed by atoms with Gasteiger partial charge in [-0.25, -0.2) is 4.79 Å². The van der Waals surface area contributed by atoms with Crippen molar-refractivity contribution in [3.63, 3.8) is 0 Å². The van der Waals surface area contributed by atoms with Gasteiger partial charge < -0.3 is 14.6 Å². The second-order valence-corrected chi connectivity index (χ2v) is 4.98. The van der Waals surface area contributed by atoms with E-state index in [4.69, 9.17) is 14.6 Å². The minimum Gasteiger partial charge on any atom is -0.493 e. The third kappa shape index (κ3) is 4.49. The molecule has 0 bridgehead atoms. The van der Waals surface area contributed by atoms with Gasteiger partial charge in [0.05, 0.1) is 31.2 Å². The smallest absolute Gasteiger partial charge is 0.337 e. The van der Waals surface area contributed by atoms with Gasteiger partial charge in [-0.2, -0.15) is 5.10 Å². The lowest BCUT2D eigenvalue weighted by atomic mass is 10.2. The summed E-state index contributed by atoms with van der Waals surface area (Å²) in [7, 11) is 1.58. The lowest BCUT2D eigenvalue weighted by Crippen LogP contribution is -2.02. The summed E-state index contributed by atoms with van der Waals surface area (Å²) in [6.07, 6.45) is 2.50. The number of benzene rings is 2. The zero-order valence-electron chi connectivity index (χ0n) is 13.7. The topological polar surface area (TPSA) is 80.2 Å². The average molecular weight is 328 g/mol. The summed E-state index contributed by atoms with van der Waals surface area (Å²) < 4.78 is 10.9. The van der Waals surface area contributed by atoms with Crippen molar-refractivity contribution in [2.45, 2.75) is 13.3 Å². The van der Waals surface area contributed by atoms with E-state index in [9.17, 15) is 4.79 Å². The highest BCUT2D eigenvalue weighted by atomic mass is 16.5. The molecule has 126 valence electrons. The summed E-state index contributed by atoms with van der Waals surface area (Å²) in [6.45, 7) is 2.66. The molecule has 0 saturated heterocycles. The number of hydrazone groups is 1. The fraction of sp³-hybridized carbons (Fsp3) is 0.222. The van der Waals surface area contributed by atoms with Crippen LogP contribution in [0.15, 0.2) is 47.6 Å². The number of hydrogen-bond acceptors (Lipinski definition) is 5. The van der Waals surface area contributed by atoms with Gasteiger partial charge in [0, 0.05) is 0 Å². The van der Waals surface area contributed by atoms with Crippen LogP contribution in [0.3, 0.4) is 0 Å². The van der Waals surface area contributed by atoms with Crippen LogP contribution in [0.5, 0.6) is 11.5 Å². The summed E-state index contributed by atoms with van der Waals surface area (Å²) in [6, 6.07) is 12.1. The van der Waals surface area contributed by atoms with Crippen LogP contribution in [-0.2, 0) is 0 Å². The first kappa shape index (κ1) is 17.3. The highest BCUT2D eigenvalue weighted by molar-refractivity contribution is 5.94. The number of nitrogens with zero attached hydrogens (tertiary/aromatic N) is 1. The number of ether oxygens (including phenoxy) is 2. The second kappa shape index (κ2) is 8.57. The maximum absolute atomic E-state index is 11.1. The molecule has 6 heteroatoms. The van der Waals surface area contributed by atoms with Crippen LogP contribution in [0.2, 0.25) is 0 Å². The maximum atomic E-state index is 11.1. The van der Waals surface area contributed by atoms with Crippen molar-refractivity contribution in [1.29, 1.82) is 0 Å². The normalized spacial score (nSPS) is 10.6. The summed E-state index contributed by atoms with van der Waals surface area (Å²) >= 11 is 0. The number of methoxy groups -OCH3 is 1. The number of carboxylic acid groups (broad SMARTS) is 1. The third-order valence-electron chi connectivity index (χ3n) is 3.21. The van der Waals surface area contributed by atoms with Crippen molar-refractivity contribution in [2.75, 3.05) is 19.1 Å². The largest absolute Gasteiger partial charge is 0.493 e. The Kier molecular flexibility index (Phi) is 6.19. The number of hydrogen-bond donors (Lipinski definition) is 2. The molecular formula is C18H20N2O4. The molecule has 0 aromatic heterocycles. The Morgan fingerprint density at radius 3 is 2.75 bits per heavy atom. The van der Waals surface area contributed by atoms with Gasteiger partial charge in [-0.05, 0) is 42.3 Å². The van der Waals surface area contributed by atoms with Crippen LogP contribution >= 0.6 is 0 Å². The number of carbonyl (C=O) groups is 1. The second-order valence-electron chi connectivity index (χ2n) is 4.98. The Balaban J connectivity index is 2.11. The molecule has 0 aliphatic rings. The lowest BCUT2D eigenvalue weighted by molar-refractivity contribution is 0.0698. The van der Waals surface area contributed by atoms with Gasteiger partial charge in [0.15, 0.2) is 11.5 Å². The monoisotopic (exact) mass is 328 g/mol. The van der Waals surface area contributed by atoms with Gasteiger partial charge in [0.1, 0.15) is 0 Å². The molecule has 24 heavy (non-hydrogen) atoms. The predicted octanol–water partition coefficient (Wildman–Crippen LogP) is 3.63. The van der Waals surface area contributed by atoms with Gasteiger partial charge in [-0.15, -0.1) is 0 Å². The van der Waals surface area contributed by atoms with Crippen molar-refractivity contribution in [3.05, 3.63) is 53.6 Å². The summed E-state index contributed by atoms with van der Waals surface area (Å²) in [5.74, 6) is 0.298. The highest BCUT2D eigenvalue weighted by Gasteiger charge is 2.08. The molecule has 2 rings (SSSR count). The third-order valence-corrected chi connectivity index (χ3v) is 3.21. The van der Waals surface area contributed by atoms with Crippen molar-refractivity contribution < 1.29 is 19.4 Å². The lowest BCUT2D eigenvalue weighted by Gasteiger charge is -2.10. The first-order valence-electron chi connectivity index (χ1n) is 7.58. The molecule has 0 unspecified atom stereocenters. The molecule has 0 spiro atoms. The molecule has 2 aromatic rings. The fourth-order valence-corrected chi connectivity index (χ4v) is 2.04. The van der Waals surface area contributed by atoms with Gasteiger partial charge >= 0.3 is 5.97 Å². The van der Waals surface area contributed by atoms with Crippen molar-refractivity contribution in [1.82, 2.24) is 0 Å². The molecule has 0 aliphatic carbocycles. The number of anilines is 1. The molecule has 0 atom stereocenters. The van der Waals surface area contributed by atoms with E-state index in [1.165, 1.54) is 6.07 Å². The molecular weight excluding hydrogens is 308 g/mol. The number of rotatable bonds is 8. The Hall–Kier alpha value is -3.02. The minimum atomic E-state index is -1.01. The molecule has 0 aliphatic heterocycles. The van der Waals surface area contributed by atoms with Gasteiger partial charge in [-0.3, -0.25) is 5.43 Å². The summed E-state index contributed by atoms with van der Waals surface area (Å²) in [4.78, 5) is 11.1. The Morgan fingerprint density at radius 1 is 1.25 bits per heavy atom. The van der Waals surface area contributed by atoms with E-state index < -0.39 is 5.97 Å². The van der Waals surface area contributed by atoms with Crippen LogP contribution in [0, 0.1) is 0 Å². The van der Waals surface area contributed by atoms with Crippen molar-refractivity contribution in [2.24, 2.45) is 5.10 Å². The molecule has 6 nitrogen and oxygen atoms in total. The molecule has 0 amide bonds. The molecule has 2 aromatic carbocycles. The molecule has 0 fully saturated rings. The molecule has 0 radical (unpaired) electrons. The standard InChI is InChI=1S/C18H20N2O4/c1-3-10-24-16-9-8-13(11-17(16)23-2)12-19-20-15-7-5-4-6-14(15)18(21)22/h4-9,11-12,20H,3,10H2,1-2H3,(H,21,22)/b19-12+. The Labute approximate surface area is 140 Å². The van der Waals surface area contributed by atoms with Gasteiger partial charge in [-0.1, -0.05) is 19.1 Å².